The summed E-state index contributed by atoms with van der Waals surface area (Å²) in [7, 11) is 0. The third-order valence-electron chi connectivity index (χ3n) is 2.06. The van der Waals surface area contributed by atoms with Gasteiger partial charge in [0.15, 0.2) is 0 Å². The second-order valence-corrected chi connectivity index (χ2v) is 3.18. The van der Waals surface area contributed by atoms with Crippen LogP contribution in [0.1, 0.15) is 16.8 Å². The second-order valence-electron chi connectivity index (χ2n) is 3.18. The predicted octanol–water partition coefficient (Wildman–Crippen LogP) is -2.27. The third kappa shape index (κ3) is 3.09. The first-order valence-corrected chi connectivity index (χ1v) is 4.66. The van der Waals surface area contributed by atoms with Crippen LogP contribution < -0.4 is 29.6 Å². The summed E-state index contributed by atoms with van der Waals surface area (Å²) in [5, 5.41) is 0.481. The number of carbonyl (C=O) groups is 3. The number of rotatable bonds is 2. The first kappa shape index (κ1) is 13.8. The summed E-state index contributed by atoms with van der Waals surface area (Å²) >= 11 is 0. The molecule has 1 saturated heterocycles. The zero-order chi connectivity index (χ0) is 11.5. The van der Waals surface area contributed by atoms with E-state index in [9.17, 15) is 14.4 Å². The topological polar surface area (TPSA) is 63.7 Å². The van der Waals surface area contributed by atoms with Crippen molar-refractivity contribution in [3.8, 4) is 0 Å². The maximum absolute atomic E-state index is 11.5. The van der Waals surface area contributed by atoms with Crippen LogP contribution in [-0.4, -0.2) is 22.8 Å². The maximum Gasteiger partial charge on any atom is 1.00 e. The molecule has 1 aliphatic heterocycles. The fourth-order valence-electron chi connectivity index (χ4n) is 1.27. The van der Waals surface area contributed by atoms with Gasteiger partial charge < -0.3 is 9.63 Å². The van der Waals surface area contributed by atoms with E-state index in [0.717, 1.165) is 0 Å². The zero-order valence-corrected chi connectivity index (χ0v) is 11.3. The van der Waals surface area contributed by atoms with E-state index in [0.29, 0.717) is 5.06 Å². The van der Waals surface area contributed by atoms with Crippen LogP contribution in [0.25, 0.3) is 0 Å². The molecule has 1 heterocycles. The molecule has 6 heteroatoms. The number of carbonyl (C=O) groups excluding carboxylic acids is 3. The van der Waals surface area contributed by atoms with Crippen molar-refractivity contribution in [2.24, 2.45) is 0 Å². The first-order chi connectivity index (χ1) is 7.68. The van der Waals surface area contributed by atoms with Gasteiger partial charge in [-0.25, -0.2) is 4.79 Å². The van der Waals surface area contributed by atoms with Crippen LogP contribution in [0.5, 0.6) is 0 Å². The molecule has 2 rings (SSSR count). The minimum Gasteiger partial charge on any atom is -0.328 e. The van der Waals surface area contributed by atoms with E-state index in [1.54, 1.807) is 18.2 Å². The van der Waals surface area contributed by atoms with Gasteiger partial charge in [-0.1, -0.05) is 24.6 Å². The molecule has 17 heavy (non-hydrogen) atoms. The van der Waals surface area contributed by atoms with E-state index in [4.69, 9.17) is 0 Å². The SMILES string of the molecule is O=C(ON1C(=O)[CH-]CC1=O)c1ccccc1.[Na+]. The van der Waals surface area contributed by atoms with Crippen LogP contribution in [-0.2, 0) is 14.4 Å². The van der Waals surface area contributed by atoms with Gasteiger partial charge in [0, 0.05) is 0 Å². The van der Waals surface area contributed by atoms with E-state index >= 15 is 0 Å². The quantitative estimate of drug-likeness (QED) is 0.332. The molecule has 0 atom stereocenters. The third-order valence-corrected chi connectivity index (χ3v) is 2.06. The minimum absolute atomic E-state index is 0. The van der Waals surface area contributed by atoms with Crippen molar-refractivity contribution in [2.75, 3.05) is 0 Å². The van der Waals surface area contributed by atoms with Gasteiger partial charge in [-0.3, -0.25) is 11.2 Å². The summed E-state index contributed by atoms with van der Waals surface area (Å²) in [6, 6.07) is 8.15. The summed E-state index contributed by atoms with van der Waals surface area (Å²) in [6.45, 7) is 0. The standard InChI is InChI=1S/C11H8NO4.Na/c13-9-6-7-10(14)12(9)16-11(15)8-4-2-1-3-5-8;/h1-6H,7H2;/q-1;+1. The van der Waals surface area contributed by atoms with Crippen molar-refractivity contribution in [1.29, 1.82) is 0 Å². The molecule has 1 fully saturated rings. The number of nitrogens with zero attached hydrogens (tertiary/aromatic N) is 1. The zero-order valence-electron chi connectivity index (χ0n) is 9.25. The molecule has 0 unspecified atom stereocenters. The molecule has 5 nitrogen and oxygen atoms in total. The number of amides is 2. The van der Waals surface area contributed by atoms with Gasteiger partial charge in [-0.2, -0.15) is 0 Å². The van der Waals surface area contributed by atoms with Crippen molar-refractivity contribution < 1.29 is 48.8 Å². The Kier molecular flexibility index (Phi) is 4.74. The van der Waals surface area contributed by atoms with Gasteiger partial charge in [0.2, 0.25) is 5.91 Å². The summed E-state index contributed by atoms with van der Waals surface area (Å²) in [4.78, 5) is 38.5. The molecule has 0 bridgehead atoms. The van der Waals surface area contributed by atoms with Crippen molar-refractivity contribution in [1.82, 2.24) is 5.06 Å². The molecule has 82 valence electrons. The fraction of sp³-hybridized carbons (Fsp3) is 0.0909. The van der Waals surface area contributed by atoms with Crippen LogP contribution >= 0.6 is 0 Å². The molecular formula is C11H8NNaO4. The van der Waals surface area contributed by atoms with Crippen molar-refractivity contribution in [3.05, 3.63) is 42.3 Å². The molecule has 1 aliphatic rings. The van der Waals surface area contributed by atoms with Crippen LogP contribution in [0, 0.1) is 6.42 Å². The Bertz CT molecular complexity index is 430. The number of hydroxylamine groups is 2. The maximum atomic E-state index is 11.5. The molecule has 1 aromatic rings. The van der Waals surface area contributed by atoms with Gasteiger partial charge in [-0.15, -0.1) is 5.06 Å². The minimum atomic E-state index is -0.724. The normalized spacial score (nSPS) is 14.0. The van der Waals surface area contributed by atoms with Crippen LogP contribution in [0.15, 0.2) is 30.3 Å². The molecule has 1 aromatic carbocycles. The Hall–Kier alpha value is -1.30. The smallest absolute Gasteiger partial charge is 0.328 e. The number of imide groups is 1. The van der Waals surface area contributed by atoms with Crippen molar-refractivity contribution >= 4 is 17.8 Å². The Morgan fingerprint density at radius 3 is 2.41 bits per heavy atom. The van der Waals surface area contributed by atoms with Crippen molar-refractivity contribution in [2.45, 2.75) is 6.42 Å². The van der Waals surface area contributed by atoms with E-state index in [2.05, 4.69) is 4.84 Å². The average molecular weight is 241 g/mol. The summed E-state index contributed by atoms with van der Waals surface area (Å²) < 4.78 is 0. The van der Waals surface area contributed by atoms with Crippen LogP contribution in [0.2, 0.25) is 0 Å². The monoisotopic (exact) mass is 241 g/mol. The molecule has 0 saturated carbocycles. The number of hydrogen-bond donors (Lipinski definition) is 0. The second kappa shape index (κ2) is 5.86. The summed E-state index contributed by atoms with van der Waals surface area (Å²) in [6.07, 6.45) is 1.14. The molecular weight excluding hydrogens is 233 g/mol. The van der Waals surface area contributed by atoms with E-state index in [1.807, 2.05) is 0 Å². The first-order valence-electron chi connectivity index (χ1n) is 4.66. The summed E-state index contributed by atoms with van der Waals surface area (Å²) in [5.41, 5.74) is 0.287. The Balaban J connectivity index is 0.00000144. The van der Waals surface area contributed by atoms with Gasteiger partial charge in [0.05, 0.1) is 5.56 Å². The summed E-state index contributed by atoms with van der Waals surface area (Å²) in [5.74, 6) is -1.86. The Morgan fingerprint density at radius 1 is 1.24 bits per heavy atom. The number of benzene rings is 1. The fourth-order valence-corrected chi connectivity index (χ4v) is 1.27. The molecule has 2 amide bonds. The van der Waals surface area contributed by atoms with Crippen molar-refractivity contribution in [3.63, 3.8) is 0 Å². The number of hydrogen-bond acceptors (Lipinski definition) is 4. The van der Waals surface area contributed by atoms with Gasteiger partial charge in [-0.05, 0) is 12.1 Å². The molecule has 0 spiro atoms. The molecule has 0 N–H and O–H groups in total. The van der Waals surface area contributed by atoms with E-state index in [-0.39, 0.29) is 41.5 Å². The van der Waals surface area contributed by atoms with Gasteiger partial charge in [0.1, 0.15) is 5.91 Å². The van der Waals surface area contributed by atoms with E-state index in [1.165, 1.54) is 18.6 Å². The molecule has 0 radical (unpaired) electrons. The van der Waals surface area contributed by atoms with Gasteiger partial charge >= 0.3 is 35.5 Å². The molecule has 0 aliphatic carbocycles. The Morgan fingerprint density at radius 2 is 1.88 bits per heavy atom. The van der Waals surface area contributed by atoms with E-state index < -0.39 is 17.8 Å². The Labute approximate surface area is 120 Å². The predicted molar refractivity (Wildman–Crippen MR) is 52.6 cm³/mol. The molecule has 0 aromatic heterocycles. The van der Waals surface area contributed by atoms with Gasteiger partial charge in [0.25, 0.3) is 0 Å². The van der Waals surface area contributed by atoms with Crippen LogP contribution in [0.4, 0.5) is 0 Å². The average Bonchev–Trinajstić information content (AvgIpc) is 2.62. The largest absolute Gasteiger partial charge is 1.00 e. The van der Waals surface area contributed by atoms with Crippen LogP contribution in [0.3, 0.4) is 0 Å².